The van der Waals surface area contributed by atoms with Crippen LogP contribution in [0.4, 0.5) is 8.78 Å². The molecular formula is C10H13F2N4O2+. The highest BCUT2D eigenvalue weighted by molar-refractivity contribution is 5.78. The molecule has 8 heteroatoms. The molecule has 0 aliphatic heterocycles. The highest BCUT2D eigenvalue weighted by Gasteiger charge is 2.11. The zero-order valence-corrected chi connectivity index (χ0v) is 9.56. The number of nitrogens with zero attached hydrogens (tertiary/aromatic N) is 1. The number of hydrazone groups is 1. The number of ether oxygens (including phenoxy) is 2. The standard InChI is InChI=1S/C10H12F2N4O2/c1-17-7-3-2-6(5-15-16-10(13)14)4-8(7)18-9(11)12/h2-5,9H,1H3,(H4,13,14,16)/p+1/b15-5+. The van der Waals surface area contributed by atoms with Crippen LogP contribution in [0.2, 0.25) is 0 Å². The average molecular weight is 259 g/mol. The van der Waals surface area contributed by atoms with E-state index < -0.39 is 6.61 Å². The van der Waals surface area contributed by atoms with E-state index in [1.807, 2.05) is 0 Å². The number of hydrogen-bond acceptors (Lipinski definition) is 3. The van der Waals surface area contributed by atoms with Crippen molar-refractivity contribution in [3.05, 3.63) is 23.8 Å². The molecule has 0 bridgehead atoms. The molecule has 5 N–H and O–H groups in total. The van der Waals surface area contributed by atoms with Crippen LogP contribution in [-0.2, 0) is 0 Å². The lowest BCUT2D eigenvalue weighted by Gasteiger charge is -2.09. The molecule has 0 radical (unpaired) electrons. The lowest BCUT2D eigenvalue weighted by atomic mass is 10.2. The summed E-state index contributed by atoms with van der Waals surface area (Å²) >= 11 is 0. The molecule has 0 saturated heterocycles. The Bertz CT molecular complexity index is 459. The molecule has 0 atom stereocenters. The summed E-state index contributed by atoms with van der Waals surface area (Å²) < 4.78 is 33.5. The van der Waals surface area contributed by atoms with Gasteiger partial charge < -0.3 is 20.9 Å². The second-order valence-corrected chi connectivity index (χ2v) is 3.10. The molecular weight excluding hydrogens is 246 g/mol. The molecule has 1 aromatic rings. The van der Waals surface area contributed by atoms with E-state index in [1.165, 1.54) is 25.5 Å². The normalized spacial score (nSPS) is 10.7. The van der Waals surface area contributed by atoms with Crippen molar-refractivity contribution in [2.75, 3.05) is 7.11 Å². The van der Waals surface area contributed by atoms with Crippen LogP contribution in [0.25, 0.3) is 0 Å². The van der Waals surface area contributed by atoms with Gasteiger partial charge in [-0.15, -0.1) is 5.10 Å². The van der Waals surface area contributed by atoms with Crippen molar-refractivity contribution in [2.24, 2.45) is 16.6 Å². The van der Waals surface area contributed by atoms with Gasteiger partial charge in [-0.25, -0.2) is 0 Å². The Morgan fingerprint density at radius 1 is 1.39 bits per heavy atom. The van der Waals surface area contributed by atoms with Crippen molar-refractivity contribution in [3.63, 3.8) is 0 Å². The number of hydrogen-bond donors (Lipinski definition) is 3. The number of methoxy groups -OCH3 is 1. The third-order valence-electron chi connectivity index (χ3n) is 1.83. The van der Waals surface area contributed by atoms with Gasteiger partial charge in [-0.2, -0.15) is 8.78 Å². The summed E-state index contributed by atoms with van der Waals surface area (Å²) in [6.07, 6.45) is 1.41. The van der Waals surface area contributed by atoms with E-state index in [0.717, 1.165) is 0 Å². The first-order valence-corrected chi connectivity index (χ1v) is 4.83. The monoisotopic (exact) mass is 259 g/mol. The van der Waals surface area contributed by atoms with E-state index in [-0.39, 0.29) is 17.5 Å². The summed E-state index contributed by atoms with van der Waals surface area (Å²) in [5.74, 6) is -0.0224. The Morgan fingerprint density at radius 3 is 2.67 bits per heavy atom. The minimum absolute atomic E-state index is 0.0762. The Labute approximate surface area is 102 Å². The van der Waals surface area contributed by atoms with Crippen LogP contribution >= 0.6 is 0 Å². The Hall–Kier alpha value is -2.38. The molecule has 1 rings (SSSR count). The van der Waals surface area contributed by atoms with Gasteiger partial charge in [-0.1, -0.05) is 0 Å². The highest BCUT2D eigenvalue weighted by Crippen LogP contribution is 2.28. The molecule has 0 saturated carbocycles. The molecule has 0 aliphatic rings. The molecule has 0 heterocycles. The van der Waals surface area contributed by atoms with Crippen molar-refractivity contribution in [3.8, 4) is 11.5 Å². The van der Waals surface area contributed by atoms with Gasteiger partial charge in [0.05, 0.1) is 7.11 Å². The lowest BCUT2D eigenvalue weighted by Crippen LogP contribution is -2.63. The van der Waals surface area contributed by atoms with Gasteiger partial charge in [0.2, 0.25) is 6.21 Å². The maximum absolute atomic E-state index is 12.2. The largest absolute Gasteiger partial charge is 0.493 e. The van der Waals surface area contributed by atoms with E-state index in [9.17, 15) is 8.78 Å². The molecule has 18 heavy (non-hydrogen) atoms. The van der Waals surface area contributed by atoms with Crippen LogP contribution in [0.15, 0.2) is 23.3 Å². The topological polar surface area (TPSA) is 96.8 Å². The first-order chi connectivity index (χ1) is 8.52. The summed E-state index contributed by atoms with van der Waals surface area (Å²) in [7, 11) is 1.36. The summed E-state index contributed by atoms with van der Waals surface area (Å²) in [5, 5.41) is 5.95. The second-order valence-electron chi connectivity index (χ2n) is 3.10. The van der Waals surface area contributed by atoms with Crippen molar-refractivity contribution in [2.45, 2.75) is 6.61 Å². The first kappa shape index (κ1) is 13.7. The van der Waals surface area contributed by atoms with Crippen LogP contribution in [0.5, 0.6) is 11.5 Å². The maximum Gasteiger partial charge on any atom is 0.387 e. The van der Waals surface area contributed by atoms with Gasteiger partial charge in [0.15, 0.2) is 11.5 Å². The summed E-state index contributed by atoms with van der Waals surface area (Å²) in [4.78, 5) is 0. The fourth-order valence-corrected chi connectivity index (χ4v) is 1.15. The summed E-state index contributed by atoms with van der Waals surface area (Å²) in [6, 6.07) is 4.47. The Kier molecular flexibility index (Phi) is 4.85. The van der Waals surface area contributed by atoms with Crippen molar-refractivity contribution < 1.29 is 23.4 Å². The molecule has 0 fully saturated rings. The smallest absolute Gasteiger partial charge is 0.387 e. The van der Waals surface area contributed by atoms with Crippen LogP contribution in [0, 0.1) is 0 Å². The van der Waals surface area contributed by atoms with Crippen LogP contribution in [0.3, 0.4) is 0 Å². The van der Waals surface area contributed by atoms with Crippen molar-refractivity contribution >= 4 is 12.2 Å². The summed E-state index contributed by atoms with van der Waals surface area (Å²) in [5.41, 5.74) is 10.7. The van der Waals surface area contributed by atoms with Gasteiger partial charge in [0, 0.05) is 10.7 Å². The number of nitrogens with one attached hydrogen (secondary N) is 1. The van der Waals surface area contributed by atoms with E-state index in [4.69, 9.17) is 16.2 Å². The molecule has 0 aliphatic carbocycles. The molecule has 0 unspecified atom stereocenters. The van der Waals surface area contributed by atoms with Gasteiger partial charge >= 0.3 is 6.61 Å². The molecule has 0 aromatic heterocycles. The van der Waals surface area contributed by atoms with Crippen LogP contribution in [0.1, 0.15) is 5.56 Å². The van der Waals surface area contributed by atoms with Crippen molar-refractivity contribution in [1.82, 2.24) is 0 Å². The highest BCUT2D eigenvalue weighted by atomic mass is 19.3. The van der Waals surface area contributed by atoms with E-state index in [0.29, 0.717) is 5.56 Å². The average Bonchev–Trinajstić information content (AvgIpc) is 2.28. The number of rotatable bonds is 5. The number of halogens is 2. The molecule has 0 spiro atoms. The van der Waals surface area contributed by atoms with Gasteiger partial charge in [-0.05, 0) is 18.2 Å². The van der Waals surface area contributed by atoms with Crippen LogP contribution < -0.4 is 26.0 Å². The van der Waals surface area contributed by atoms with E-state index in [1.54, 1.807) is 6.07 Å². The zero-order chi connectivity index (χ0) is 13.5. The third-order valence-corrected chi connectivity index (χ3v) is 1.83. The lowest BCUT2D eigenvalue weighted by molar-refractivity contribution is -0.456. The second kappa shape index (κ2) is 6.38. The van der Waals surface area contributed by atoms with Gasteiger partial charge in [-0.3, -0.25) is 0 Å². The predicted octanol–water partition coefficient (Wildman–Crippen LogP) is -1.02. The van der Waals surface area contributed by atoms with E-state index >= 15 is 0 Å². The summed E-state index contributed by atoms with van der Waals surface area (Å²) in [6.45, 7) is -2.93. The van der Waals surface area contributed by atoms with Gasteiger partial charge in [0.1, 0.15) is 0 Å². The minimum Gasteiger partial charge on any atom is -0.493 e. The van der Waals surface area contributed by atoms with E-state index in [2.05, 4.69) is 14.9 Å². The number of guanidine groups is 1. The Morgan fingerprint density at radius 2 is 2.11 bits per heavy atom. The Balaban J connectivity index is 2.95. The SMILES string of the molecule is COc1ccc(/C=[NH+]/N=C(N)N)cc1OC(F)F. The van der Waals surface area contributed by atoms with Gasteiger partial charge in [0.25, 0.3) is 5.96 Å². The molecule has 98 valence electrons. The predicted molar refractivity (Wildman–Crippen MR) is 61.6 cm³/mol. The third kappa shape index (κ3) is 4.24. The number of nitrogens with two attached hydrogens (primary N) is 2. The number of benzene rings is 1. The minimum atomic E-state index is -2.93. The fraction of sp³-hybridized carbons (Fsp3) is 0.200. The number of alkyl halides is 2. The van der Waals surface area contributed by atoms with Crippen molar-refractivity contribution in [1.29, 1.82) is 0 Å². The first-order valence-electron chi connectivity index (χ1n) is 4.83. The molecule has 1 aromatic carbocycles. The zero-order valence-electron chi connectivity index (χ0n) is 9.56. The van der Waals surface area contributed by atoms with Crippen LogP contribution in [-0.4, -0.2) is 25.9 Å². The quantitative estimate of drug-likeness (QED) is 0.358. The maximum atomic E-state index is 12.2. The fourth-order valence-electron chi connectivity index (χ4n) is 1.15. The molecule has 0 amide bonds. The molecule has 6 nitrogen and oxygen atoms in total.